The number of benzene rings is 1. The third-order valence-corrected chi connectivity index (χ3v) is 4.87. The van der Waals surface area contributed by atoms with Gasteiger partial charge < -0.3 is 10.1 Å². The molecular weight excluding hydrogens is 304 g/mol. The summed E-state index contributed by atoms with van der Waals surface area (Å²) in [4.78, 5) is 12.1. The van der Waals surface area contributed by atoms with Gasteiger partial charge in [0.1, 0.15) is 6.10 Å². The highest BCUT2D eigenvalue weighted by molar-refractivity contribution is 7.89. The summed E-state index contributed by atoms with van der Waals surface area (Å²) in [5.41, 5.74) is 0.00105. The lowest BCUT2D eigenvalue weighted by molar-refractivity contribution is -0.124. The SMILES string of the molecule is CC(C)(C)NS(=O)(=O)c1ccc(NC(=O)[C@H]2CCCO2)cc1. The first-order chi connectivity index (χ1) is 10.2. The summed E-state index contributed by atoms with van der Waals surface area (Å²) < 4.78 is 32.2. The van der Waals surface area contributed by atoms with Gasteiger partial charge >= 0.3 is 0 Å². The van der Waals surface area contributed by atoms with Crippen molar-refractivity contribution in [2.24, 2.45) is 0 Å². The van der Waals surface area contributed by atoms with Crippen molar-refractivity contribution >= 4 is 21.6 Å². The van der Waals surface area contributed by atoms with Crippen LogP contribution in [0.5, 0.6) is 0 Å². The lowest BCUT2D eigenvalue weighted by Crippen LogP contribution is -2.40. The minimum absolute atomic E-state index is 0.164. The largest absolute Gasteiger partial charge is 0.368 e. The molecule has 0 unspecified atom stereocenters. The highest BCUT2D eigenvalue weighted by atomic mass is 32.2. The molecule has 6 nitrogen and oxygen atoms in total. The fourth-order valence-electron chi connectivity index (χ4n) is 2.19. The molecule has 1 heterocycles. The third kappa shape index (κ3) is 4.53. The predicted molar refractivity (Wildman–Crippen MR) is 84.1 cm³/mol. The number of ether oxygens (including phenoxy) is 1. The summed E-state index contributed by atoms with van der Waals surface area (Å²) in [5, 5.41) is 2.73. The summed E-state index contributed by atoms with van der Waals surface area (Å²) >= 11 is 0. The summed E-state index contributed by atoms with van der Waals surface area (Å²) in [5.74, 6) is -0.194. The molecule has 0 radical (unpaired) electrons. The van der Waals surface area contributed by atoms with Crippen LogP contribution in [0.3, 0.4) is 0 Å². The molecule has 1 fully saturated rings. The molecule has 22 heavy (non-hydrogen) atoms. The number of rotatable bonds is 4. The normalized spacial score (nSPS) is 19.1. The smallest absolute Gasteiger partial charge is 0.253 e. The van der Waals surface area contributed by atoms with Gasteiger partial charge in [0.2, 0.25) is 10.0 Å². The van der Waals surface area contributed by atoms with E-state index in [0.717, 1.165) is 6.42 Å². The molecule has 1 aromatic rings. The summed E-state index contributed by atoms with van der Waals surface area (Å²) in [7, 11) is -3.57. The van der Waals surface area contributed by atoms with Gasteiger partial charge in [-0.05, 0) is 57.9 Å². The molecular formula is C15H22N2O4S. The number of hydrogen-bond acceptors (Lipinski definition) is 4. The molecule has 1 aliphatic rings. The van der Waals surface area contributed by atoms with E-state index in [4.69, 9.17) is 4.74 Å². The fourth-order valence-corrected chi connectivity index (χ4v) is 3.61. The maximum atomic E-state index is 12.2. The van der Waals surface area contributed by atoms with Crippen LogP contribution in [0.2, 0.25) is 0 Å². The zero-order chi connectivity index (χ0) is 16.4. The molecule has 1 amide bonds. The van der Waals surface area contributed by atoms with Crippen LogP contribution in [0.4, 0.5) is 5.69 Å². The molecule has 2 rings (SSSR count). The summed E-state index contributed by atoms with van der Waals surface area (Å²) in [6.45, 7) is 5.94. The Morgan fingerprint density at radius 2 is 1.86 bits per heavy atom. The number of carbonyl (C=O) groups is 1. The lowest BCUT2D eigenvalue weighted by atomic mass is 10.1. The van der Waals surface area contributed by atoms with E-state index >= 15 is 0 Å². The Morgan fingerprint density at radius 3 is 2.36 bits per heavy atom. The van der Waals surface area contributed by atoms with Crippen molar-refractivity contribution in [3.05, 3.63) is 24.3 Å². The number of sulfonamides is 1. The maximum absolute atomic E-state index is 12.2. The van der Waals surface area contributed by atoms with Crippen LogP contribution in [-0.2, 0) is 19.6 Å². The van der Waals surface area contributed by atoms with Crippen LogP contribution < -0.4 is 10.0 Å². The van der Waals surface area contributed by atoms with Gasteiger partial charge in [-0.3, -0.25) is 4.79 Å². The Balaban J connectivity index is 2.05. The molecule has 2 N–H and O–H groups in total. The van der Waals surface area contributed by atoms with Crippen LogP contribution in [0.15, 0.2) is 29.2 Å². The summed E-state index contributed by atoms with van der Waals surface area (Å²) in [6.07, 6.45) is 1.19. The minimum Gasteiger partial charge on any atom is -0.368 e. The highest BCUT2D eigenvalue weighted by Crippen LogP contribution is 2.18. The quantitative estimate of drug-likeness (QED) is 0.885. The zero-order valence-corrected chi connectivity index (χ0v) is 13.9. The predicted octanol–water partition coefficient (Wildman–Crippen LogP) is 1.88. The minimum atomic E-state index is -3.57. The monoisotopic (exact) mass is 326 g/mol. The van der Waals surface area contributed by atoms with Gasteiger partial charge in [0, 0.05) is 17.8 Å². The van der Waals surface area contributed by atoms with Crippen LogP contribution in [0.1, 0.15) is 33.6 Å². The van der Waals surface area contributed by atoms with Crippen molar-refractivity contribution < 1.29 is 17.9 Å². The number of hydrogen-bond donors (Lipinski definition) is 2. The molecule has 1 atom stereocenters. The second kappa shape index (κ2) is 6.36. The first kappa shape index (κ1) is 16.9. The lowest BCUT2D eigenvalue weighted by Gasteiger charge is -2.20. The van der Waals surface area contributed by atoms with Gasteiger partial charge in [0.25, 0.3) is 5.91 Å². The number of anilines is 1. The van der Waals surface area contributed by atoms with E-state index in [1.807, 2.05) is 0 Å². The second-order valence-corrected chi connectivity index (χ2v) is 8.05. The van der Waals surface area contributed by atoms with Crippen molar-refractivity contribution in [2.75, 3.05) is 11.9 Å². The van der Waals surface area contributed by atoms with Gasteiger partial charge in [-0.1, -0.05) is 0 Å². The Hall–Kier alpha value is -1.44. The molecule has 1 aliphatic heterocycles. The number of nitrogens with one attached hydrogen (secondary N) is 2. The van der Waals surface area contributed by atoms with E-state index < -0.39 is 21.7 Å². The molecule has 0 saturated carbocycles. The molecule has 1 aromatic carbocycles. The van der Waals surface area contributed by atoms with Gasteiger partial charge in [-0.15, -0.1) is 0 Å². The Bertz CT molecular complexity index is 627. The van der Waals surface area contributed by atoms with E-state index in [2.05, 4.69) is 10.0 Å². The number of carbonyl (C=O) groups excluding carboxylic acids is 1. The van der Waals surface area contributed by atoms with Gasteiger partial charge in [0.05, 0.1) is 4.90 Å². The topological polar surface area (TPSA) is 84.5 Å². The maximum Gasteiger partial charge on any atom is 0.253 e. The van der Waals surface area contributed by atoms with E-state index in [9.17, 15) is 13.2 Å². The van der Waals surface area contributed by atoms with Crippen molar-refractivity contribution in [3.8, 4) is 0 Å². The van der Waals surface area contributed by atoms with Crippen molar-refractivity contribution in [1.82, 2.24) is 4.72 Å². The Kier molecular flexibility index (Phi) is 4.89. The average molecular weight is 326 g/mol. The van der Waals surface area contributed by atoms with Crippen molar-refractivity contribution in [2.45, 2.75) is 50.2 Å². The van der Waals surface area contributed by atoms with Gasteiger partial charge in [-0.25, -0.2) is 13.1 Å². The molecule has 0 spiro atoms. The molecule has 7 heteroatoms. The first-order valence-electron chi connectivity index (χ1n) is 7.24. The summed E-state index contributed by atoms with van der Waals surface area (Å²) in [6, 6.07) is 6.09. The third-order valence-electron chi connectivity index (χ3n) is 3.09. The van der Waals surface area contributed by atoms with Gasteiger partial charge in [-0.2, -0.15) is 0 Å². The molecule has 0 bridgehead atoms. The molecule has 122 valence electrons. The molecule has 1 saturated heterocycles. The fraction of sp³-hybridized carbons (Fsp3) is 0.533. The number of amides is 1. The van der Waals surface area contributed by atoms with Crippen molar-refractivity contribution in [3.63, 3.8) is 0 Å². The molecule has 0 aromatic heterocycles. The van der Waals surface area contributed by atoms with E-state index in [-0.39, 0.29) is 10.8 Å². The Morgan fingerprint density at radius 1 is 1.23 bits per heavy atom. The van der Waals surface area contributed by atoms with E-state index in [1.165, 1.54) is 12.1 Å². The Labute approximate surface area is 131 Å². The first-order valence-corrected chi connectivity index (χ1v) is 8.72. The zero-order valence-electron chi connectivity index (χ0n) is 13.0. The van der Waals surface area contributed by atoms with Crippen LogP contribution in [-0.4, -0.2) is 32.6 Å². The van der Waals surface area contributed by atoms with Crippen LogP contribution >= 0.6 is 0 Å². The van der Waals surface area contributed by atoms with E-state index in [1.54, 1.807) is 32.9 Å². The van der Waals surface area contributed by atoms with Crippen molar-refractivity contribution in [1.29, 1.82) is 0 Å². The van der Waals surface area contributed by atoms with Crippen LogP contribution in [0, 0.1) is 0 Å². The highest BCUT2D eigenvalue weighted by Gasteiger charge is 2.24. The van der Waals surface area contributed by atoms with Crippen LogP contribution in [0.25, 0.3) is 0 Å². The standard InChI is InChI=1S/C15H22N2O4S/c1-15(2,3)17-22(19,20)12-8-6-11(7-9-12)16-14(18)13-5-4-10-21-13/h6-9,13,17H,4-5,10H2,1-3H3,(H,16,18)/t13-/m1/s1. The average Bonchev–Trinajstić information content (AvgIpc) is 2.90. The van der Waals surface area contributed by atoms with E-state index in [0.29, 0.717) is 18.7 Å². The van der Waals surface area contributed by atoms with Gasteiger partial charge in [0.15, 0.2) is 0 Å². The molecule has 0 aliphatic carbocycles. The second-order valence-electron chi connectivity index (χ2n) is 6.37.